The summed E-state index contributed by atoms with van der Waals surface area (Å²) in [5, 5.41) is 8.11. The van der Waals surface area contributed by atoms with Crippen LogP contribution < -0.4 is 5.32 Å². The molecule has 110 valence electrons. The Bertz CT molecular complexity index is 683. The highest BCUT2D eigenvalue weighted by Gasteiger charge is 2.44. The fourth-order valence-corrected chi connectivity index (χ4v) is 2.97. The van der Waals surface area contributed by atoms with Crippen molar-refractivity contribution >= 4 is 29.1 Å². The smallest absolute Gasteiger partial charge is 0.224 e. The van der Waals surface area contributed by atoms with Crippen molar-refractivity contribution in [1.82, 2.24) is 15.1 Å². The second kappa shape index (κ2) is 5.70. The highest BCUT2D eigenvalue weighted by atomic mass is 35.5. The van der Waals surface area contributed by atoms with Crippen molar-refractivity contribution < 1.29 is 4.79 Å². The Morgan fingerprint density at radius 2 is 2.29 bits per heavy atom. The Kier molecular flexibility index (Phi) is 3.91. The lowest BCUT2D eigenvalue weighted by atomic mass is 10.1. The molecule has 6 heteroatoms. The van der Waals surface area contributed by atoms with Crippen LogP contribution in [0.1, 0.15) is 23.5 Å². The zero-order valence-corrected chi connectivity index (χ0v) is 13.0. The average molecular weight is 324 g/mol. The predicted molar refractivity (Wildman–Crippen MR) is 82.4 cm³/mol. The molecule has 1 N–H and O–H groups in total. The van der Waals surface area contributed by atoms with E-state index in [1.54, 1.807) is 16.9 Å². The number of nitrogens with zero attached hydrogens (tertiary/aromatic N) is 2. The van der Waals surface area contributed by atoms with Gasteiger partial charge in [-0.1, -0.05) is 35.3 Å². The summed E-state index contributed by atoms with van der Waals surface area (Å²) in [5.74, 6) is 0.211. The summed E-state index contributed by atoms with van der Waals surface area (Å²) in [7, 11) is 1.85. The van der Waals surface area contributed by atoms with Gasteiger partial charge < -0.3 is 5.32 Å². The SMILES string of the molecule is Cn1cc(CNC(=O)[C@H]2C[C@H]2c2cccc(Cl)c2Cl)cn1. The van der Waals surface area contributed by atoms with Crippen LogP contribution in [0.2, 0.25) is 10.0 Å². The second-order valence-corrected chi connectivity index (χ2v) is 6.12. The van der Waals surface area contributed by atoms with Crippen molar-refractivity contribution in [3.05, 3.63) is 51.8 Å². The lowest BCUT2D eigenvalue weighted by Crippen LogP contribution is -2.24. The van der Waals surface area contributed by atoms with Crippen molar-refractivity contribution in [2.45, 2.75) is 18.9 Å². The number of aromatic nitrogens is 2. The standard InChI is InChI=1S/C15H15Cl2N3O/c1-20-8-9(7-19-20)6-18-15(21)12-5-11(12)10-3-2-4-13(16)14(10)17/h2-4,7-8,11-12H,5-6H2,1H3,(H,18,21)/t11-,12-/m0/s1. The molecule has 4 nitrogen and oxygen atoms in total. The minimum absolute atomic E-state index is 0.0161. The Morgan fingerprint density at radius 3 is 3.00 bits per heavy atom. The molecule has 1 aromatic heterocycles. The van der Waals surface area contributed by atoms with Gasteiger partial charge in [0.15, 0.2) is 0 Å². The Hall–Kier alpha value is -1.52. The Balaban J connectivity index is 1.59. The summed E-state index contributed by atoms with van der Waals surface area (Å²) < 4.78 is 1.72. The number of hydrogen-bond donors (Lipinski definition) is 1. The van der Waals surface area contributed by atoms with Gasteiger partial charge in [0.1, 0.15) is 0 Å². The van der Waals surface area contributed by atoms with E-state index in [4.69, 9.17) is 23.2 Å². The number of carbonyl (C=O) groups is 1. The molecule has 1 heterocycles. The lowest BCUT2D eigenvalue weighted by Gasteiger charge is -2.06. The van der Waals surface area contributed by atoms with E-state index in [1.807, 2.05) is 25.4 Å². The first-order valence-electron chi connectivity index (χ1n) is 6.75. The van der Waals surface area contributed by atoms with Crippen LogP contribution in [0.5, 0.6) is 0 Å². The van der Waals surface area contributed by atoms with E-state index in [1.165, 1.54) is 0 Å². The summed E-state index contributed by atoms with van der Waals surface area (Å²) in [4.78, 5) is 12.2. The highest BCUT2D eigenvalue weighted by molar-refractivity contribution is 6.42. The first-order chi connectivity index (χ1) is 10.1. The topological polar surface area (TPSA) is 46.9 Å². The van der Waals surface area contributed by atoms with Gasteiger partial charge in [0, 0.05) is 31.3 Å². The van der Waals surface area contributed by atoms with Crippen molar-refractivity contribution in [2.24, 2.45) is 13.0 Å². The molecule has 0 saturated heterocycles. The second-order valence-electron chi connectivity index (χ2n) is 5.33. The molecular formula is C15H15Cl2N3O. The molecular weight excluding hydrogens is 309 g/mol. The molecule has 2 atom stereocenters. The molecule has 1 amide bonds. The Morgan fingerprint density at radius 1 is 1.48 bits per heavy atom. The van der Waals surface area contributed by atoms with E-state index in [9.17, 15) is 4.79 Å². The first-order valence-corrected chi connectivity index (χ1v) is 7.51. The highest BCUT2D eigenvalue weighted by Crippen LogP contribution is 2.50. The van der Waals surface area contributed by atoms with E-state index in [2.05, 4.69) is 10.4 Å². The molecule has 0 aliphatic heterocycles. The number of nitrogens with one attached hydrogen (secondary N) is 1. The molecule has 0 spiro atoms. The number of halogens is 2. The number of amides is 1. The number of hydrogen-bond acceptors (Lipinski definition) is 2. The zero-order chi connectivity index (χ0) is 15.0. The molecule has 21 heavy (non-hydrogen) atoms. The fraction of sp³-hybridized carbons (Fsp3) is 0.333. The van der Waals surface area contributed by atoms with Crippen LogP contribution >= 0.6 is 23.2 Å². The van der Waals surface area contributed by atoms with Gasteiger partial charge >= 0.3 is 0 Å². The van der Waals surface area contributed by atoms with Gasteiger partial charge in [-0.3, -0.25) is 9.48 Å². The number of rotatable bonds is 4. The number of aryl methyl sites for hydroxylation is 1. The third-order valence-electron chi connectivity index (χ3n) is 3.73. The van der Waals surface area contributed by atoms with Crippen molar-refractivity contribution in [2.75, 3.05) is 0 Å². The van der Waals surface area contributed by atoms with Crippen LogP contribution in [0.3, 0.4) is 0 Å². The van der Waals surface area contributed by atoms with E-state index in [0.29, 0.717) is 16.6 Å². The first kappa shape index (κ1) is 14.4. The van der Waals surface area contributed by atoms with Gasteiger partial charge in [0.2, 0.25) is 5.91 Å². The fourth-order valence-electron chi connectivity index (χ4n) is 2.52. The summed E-state index contributed by atoms with van der Waals surface area (Å²) in [6.07, 6.45) is 4.45. The maximum Gasteiger partial charge on any atom is 0.224 e. The van der Waals surface area contributed by atoms with E-state index in [0.717, 1.165) is 17.5 Å². The Labute approximate surface area is 133 Å². The summed E-state index contributed by atoms with van der Waals surface area (Å²) in [6, 6.07) is 5.56. The summed E-state index contributed by atoms with van der Waals surface area (Å²) >= 11 is 12.2. The lowest BCUT2D eigenvalue weighted by molar-refractivity contribution is -0.122. The summed E-state index contributed by atoms with van der Waals surface area (Å²) in [5.41, 5.74) is 1.95. The van der Waals surface area contributed by atoms with Gasteiger partial charge in [-0.15, -0.1) is 0 Å². The minimum Gasteiger partial charge on any atom is -0.352 e. The van der Waals surface area contributed by atoms with Crippen molar-refractivity contribution in [3.8, 4) is 0 Å². The molecule has 1 aromatic carbocycles. The van der Waals surface area contributed by atoms with Gasteiger partial charge in [-0.2, -0.15) is 5.10 Å². The molecule has 0 radical (unpaired) electrons. The number of benzene rings is 1. The van der Waals surface area contributed by atoms with Crippen LogP contribution in [0, 0.1) is 5.92 Å². The third-order valence-corrected chi connectivity index (χ3v) is 4.57. The number of carbonyl (C=O) groups excluding carboxylic acids is 1. The molecule has 0 unspecified atom stereocenters. The summed E-state index contributed by atoms with van der Waals surface area (Å²) in [6.45, 7) is 0.499. The predicted octanol–water partition coefficient (Wildman–Crippen LogP) is 3.15. The van der Waals surface area contributed by atoms with Crippen molar-refractivity contribution in [3.63, 3.8) is 0 Å². The van der Waals surface area contributed by atoms with E-state index in [-0.39, 0.29) is 17.7 Å². The molecule has 2 aromatic rings. The molecule has 1 saturated carbocycles. The quantitative estimate of drug-likeness (QED) is 0.939. The van der Waals surface area contributed by atoms with Gasteiger partial charge in [-0.25, -0.2) is 0 Å². The monoisotopic (exact) mass is 323 g/mol. The molecule has 1 aliphatic rings. The molecule has 1 fully saturated rings. The van der Waals surface area contributed by atoms with Crippen LogP contribution in [-0.4, -0.2) is 15.7 Å². The van der Waals surface area contributed by atoms with Crippen LogP contribution in [-0.2, 0) is 18.4 Å². The minimum atomic E-state index is -0.0161. The third kappa shape index (κ3) is 3.06. The molecule has 3 rings (SSSR count). The van der Waals surface area contributed by atoms with Crippen LogP contribution in [0.4, 0.5) is 0 Å². The van der Waals surface area contributed by atoms with E-state index < -0.39 is 0 Å². The van der Waals surface area contributed by atoms with Crippen molar-refractivity contribution in [1.29, 1.82) is 0 Å². The van der Waals surface area contributed by atoms with Gasteiger partial charge in [-0.05, 0) is 24.0 Å². The maximum atomic E-state index is 12.2. The molecule has 1 aliphatic carbocycles. The molecule has 0 bridgehead atoms. The van der Waals surface area contributed by atoms with Gasteiger partial charge in [0.25, 0.3) is 0 Å². The average Bonchev–Trinajstić information content (AvgIpc) is 3.15. The van der Waals surface area contributed by atoms with Crippen LogP contribution in [0.25, 0.3) is 0 Å². The zero-order valence-electron chi connectivity index (χ0n) is 11.5. The van der Waals surface area contributed by atoms with Gasteiger partial charge in [0.05, 0.1) is 16.2 Å². The van der Waals surface area contributed by atoms with Crippen LogP contribution in [0.15, 0.2) is 30.6 Å². The maximum absolute atomic E-state index is 12.2. The largest absolute Gasteiger partial charge is 0.352 e. The van der Waals surface area contributed by atoms with E-state index >= 15 is 0 Å². The normalized spacial score (nSPS) is 20.3.